The molecule has 2 unspecified atom stereocenters. The lowest BCUT2D eigenvalue weighted by atomic mass is 9.89. The smallest absolute Gasteiger partial charge is 0.299 e. The van der Waals surface area contributed by atoms with Crippen molar-refractivity contribution in [1.82, 2.24) is 25.1 Å². The van der Waals surface area contributed by atoms with E-state index in [0.29, 0.717) is 46.5 Å². The molecule has 2 aromatic carbocycles. The number of carbonyl (C=O) groups excluding carboxylic acids is 2. The van der Waals surface area contributed by atoms with Gasteiger partial charge in [0.05, 0.1) is 6.42 Å². The Bertz CT molecular complexity index is 1840. The number of nitrogens with zero attached hydrogens (tertiary/aromatic N) is 4. The van der Waals surface area contributed by atoms with E-state index in [4.69, 9.17) is 5.73 Å². The van der Waals surface area contributed by atoms with Crippen LogP contribution in [0.3, 0.4) is 0 Å². The molecule has 1 aliphatic rings. The lowest BCUT2D eigenvalue weighted by Gasteiger charge is -2.15. The number of carbonyl (C=O) groups is 2. The van der Waals surface area contributed by atoms with Gasteiger partial charge >= 0.3 is 0 Å². The molecule has 0 amide bonds. The summed E-state index contributed by atoms with van der Waals surface area (Å²) in [6.07, 6.45) is 13.8. The summed E-state index contributed by atoms with van der Waals surface area (Å²) in [7, 11) is 0. The van der Waals surface area contributed by atoms with Crippen molar-refractivity contribution < 1.29 is 14.3 Å². The average Bonchev–Trinajstić information content (AvgIpc) is 3.92. The van der Waals surface area contributed by atoms with Crippen molar-refractivity contribution in [2.24, 2.45) is 21.9 Å². The van der Waals surface area contributed by atoms with Crippen molar-refractivity contribution in [3.05, 3.63) is 82.6 Å². The van der Waals surface area contributed by atoms with Gasteiger partial charge in [-0.3, -0.25) is 14.7 Å². The SMILES string of the molecule is C.CCCCC(CC(=O)c1n[nH]c(Br)n1)Cc1c[nH]c2ccccc12.CCCCC(N)Cc1c[nH]c2ccccc12.O=COC1=NN=C(Br)C1. The van der Waals surface area contributed by atoms with Crippen molar-refractivity contribution in [2.45, 2.75) is 91.5 Å². The van der Waals surface area contributed by atoms with Crippen LogP contribution in [0.1, 0.15) is 94.4 Å². The average molecular weight is 813 g/mol. The number of nitrogens with one attached hydrogen (secondary N) is 3. The topological polar surface area (TPSA) is 167 Å². The van der Waals surface area contributed by atoms with E-state index < -0.39 is 0 Å². The van der Waals surface area contributed by atoms with E-state index >= 15 is 0 Å². The number of H-pyrrole nitrogens is 3. The van der Waals surface area contributed by atoms with Crippen molar-refractivity contribution in [3.63, 3.8) is 0 Å². The molecule has 268 valence electrons. The van der Waals surface area contributed by atoms with Gasteiger partial charge in [0.2, 0.25) is 17.5 Å². The van der Waals surface area contributed by atoms with Gasteiger partial charge in [0.15, 0.2) is 4.73 Å². The Labute approximate surface area is 310 Å². The lowest BCUT2D eigenvalue weighted by molar-refractivity contribution is -0.121. The maximum absolute atomic E-state index is 12.5. The van der Waals surface area contributed by atoms with E-state index in [1.165, 1.54) is 40.3 Å². The number of benzene rings is 2. The quantitative estimate of drug-likeness (QED) is 0.0644. The van der Waals surface area contributed by atoms with Gasteiger partial charge in [-0.25, -0.2) is 0 Å². The normalized spacial score (nSPS) is 13.2. The minimum absolute atomic E-state index is 0. The van der Waals surface area contributed by atoms with Crippen molar-refractivity contribution in [3.8, 4) is 0 Å². The first kappa shape index (κ1) is 40.5. The summed E-state index contributed by atoms with van der Waals surface area (Å²) in [5, 5.41) is 16.3. The summed E-state index contributed by atoms with van der Waals surface area (Å²) in [6, 6.07) is 17.0. The molecule has 4 heterocycles. The molecule has 13 heteroatoms. The summed E-state index contributed by atoms with van der Waals surface area (Å²) >= 11 is 6.29. The number of Topliss-reactive ketones (excluding diaryl/α,β-unsaturated/α-hetero) is 1. The fraction of sp³-hybridized carbons (Fsp3) is 0.405. The van der Waals surface area contributed by atoms with E-state index in [-0.39, 0.29) is 19.0 Å². The summed E-state index contributed by atoms with van der Waals surface area (Å²) in [5.41, 5.74) is 11.1. The van der Waals surface area contributed by atoms with E-state index in [2.05, 4.69) is 141 Å². The largest absolute Gasteiger partial charge is 0.412 e. The van der Waals surface area contributed by atoms with Crippen LogP contribution in [0.25, 0.3) is 21.8 Å². The lowest BCUT2D eigenvalue weighted by Crippen LogP contribution is -2.22. The zero-order valence-electron chi connectivity index (χ0n) is 27.9. The number of hydrogen-bond acceptors (Lipinski definition) is 8. The summed E-state index contributed by atoms with van der Waals surface area (Å²) in [5.74, 6) is 0.894. The van der Waals surface area contributed by atoms with Crippen LogP contribution >= 0.6 is 31.9 Å². The molecule has 0 bridgehead atoms. The zero-order valence-corrected chi connectivity index (χ0v) is 31.1. The standard InChI is InChI=1S/C18H21BrN4O.C14H20N2.C4H3BrN2O2.CH4/c1-2-3-6-12(10-16(24)17-21-18(19)23-22-17)9-13-11-20-15-8-5-4-7-14(13)15;1-2-3-6-12(15)9-11-10-16-14-8-5-4-7-13(11)14;5-3-1-4(7-6-3)9-2-8;/h4-5,7-8,11-12,20H,2-3,6,9-10H2,1H3,(H,21,22,23);4-5,7-8,10,12,16H,2-3,6,9,15H2,1H3;2H,1H2;1H4. The van der Waals surface area contributed by atoms with Gasteiger partial charge in [-0.15, -0.1) is 15.3 Å². The number of ether oxygens (including phenoxy) is 1. The number of rotatable bonds is 14. The molecule has 50 heavy (non-hydrogen) atoms. The second-order valence-electron chi connectivity index (χ2n) is 12.0. The van der Waals surface area contributed by atoms with Crippen LogP contribution in [0, 0.1) is 5.92 Å². The molecule has 0 spiro atoms. The molecule has 3 aromatic heterocycles. The molecule has 0 radical (unpaired) electrons. The van der Waals surface area contributed by atoms with Crippen LogP contribution in [0.5, 0.6) is 0 Å². The molecule has 5 aromatic rings. The zero-order chi connectivity index (χ0) is 35.0. The molecular weight excluding hydrogens is 764 g/mol. The van der Waals surface area contributed by atoms with Crippen molar-refractivity contribution in [2.75, 3.05) is 0 Å². The van der Waals surface area contributed by atoms with Gasteiger partial charge in [-0.1, -0.05) is 83.4 Å². The van der Waals surface area contributed by atoms with E-state index in [0.717, 1.165) is 44.0 Å². The summed E-state index contributed by atoms with van der Waals surface area (Å²) < 4.78 is 5.57. The Kier molecular flexibility index (Phi) is 17.3. The first-order chi connectivity index (χ1) is 23.8. The second-order valence-corrected chi connectivity index (χ2v) is 13.6. The van der Waals surface area contributed by atoms with Gasteiger partial charge in [-0.05, 0) is 86.7 Å². The Balaban J connectivity index is 0.000000224. The van der Waals surface area contributed by atoms with E-state index in [1.54, 1.807) is 0 Å². The fourth-order valence-corrected chi connectivity index (χ4v) is 6.25. The molecular formula is C37H48Br2N8O3. The summed E-state index contributed by atoms with van der Waals surface area (Å²) in [4.78, 5) is 32.8. The van der Waals surface area contributed by atoms with Crippen LogP contribution in [0.4, 0.5) is 0 Å². The number of nitrogens with two attached hydrogens (primary N) is 1. The number of aromatic nitrogens is 5. The molecule has 1 aliphatic heterocycles. The Morgan fingerprint density at radius 3 is 2.06 bits per heavy atom. The third-order valence-corrected chi connectivity index (χ3v) is 8.96. The van der Waals surface area contributed by atoms with Crippen molar-refractivity contribution in [1.29, 1.82) is 0 Å². The first-order valence-electron chi connectivity index (χ1n) is 16.7. The van der Waals surface area contributed by atoms with Crippen LogP contribution in [-0.2, 0) is 22.4 Å². The predicted molar refractivity (Wildman–Crippen MR) is 210 cm³/mol. The first-order valence-corrected chi connectivity index (χ1v) is 18.3. The molecule has 0 saturated heterocycles. The maximum atomic E-state index is 12.5. The second kappa shape index (κ2) is 21.3. The Hall–Kier alpha value is -3.94. The van der Waals surface area contributed by atoms with Gasteiger partial charge < -0.3 is 20.4 Å². The highest BCUT2D eigenvalue weighted by Gasteiger charge is 2.20. The molecule has 0 saturated carbocycles. The van der Waals surface area contributed by atoms with Gasteiger partial charge in [0.1, 0.15) is 4.62 Å². The Morgan fingerprint density at radius 2 is 1.52 bits per heavy atom. The number of unbranched alkanes of at least 4 members (excludes halogenated alkanes) is 2. The number of aromatic amines is 3. The molecule has 0 aliphatic carbocycles. The third kappa shape index (κ3) is 12.4. The van der Waals surface area contributed by atoms with Gasteiger partial charge in [-0.2, -0.15) is 4.98 Å². The third-order valence-electron chi connectivity index (χ3n) is 8.17. The minimum Gasteiger partial charge on any atom is -0.412 e. The minimum atomic E-state index is -0.00195. The maximum Gasteiger partial charge on any atom is 0.299 e. The number of hydrogen-bond donors (Lipinski definition) is 4. The molecule has 11 nitrogen and oxygen atoms in total. The van der Waals surface area contributed by atoms with Crippen LogP contribution < -0.4 is 5.73 Å². The molecule has 0 fully saturated rings. The van der Waals surface area contributed by atoms with Crippen molar-refractivity contribution >= 4 is 76.4 Å². The number of ketones is 1. The van der Waals surface area contributed by atoms with E-state index in [9.17, 15) is 9.59 Å². The number of fused-ring (bicyclic) bond motifs is 2. The fourth-order valence-electron chi connectivity index (χ4n) is 5.68. The molecule has 5 N–H and O–H groups in total. The van der Waals surface area contributed by atoms with E-state index in [1.807, 2.05) is 6.07 Å². The highest BCUT2D eigenvalue weighted by atomic mass is 79.9. The number of para-hydroxylation sites is 2. The van der Waals surface area contributed by atoms with Crippen LogP contribution in [-0.4, -0.2) is 54.0 Å². The highest BCUT2D eigenvalue weighted by molar-refractivity contribution is 9.18. The van der Waals surface area contributed by atoms with Gasteiger partial charge in [0.25, 0.3) is 6.47 Å². The van der Waals surface area contributed by atoms with Crippen LogP contribution in [0.2, 0.25) is 0 Å². The highest BCUT2D eigenvalue weighted by Crippen LogP contribution is 2.26. The molecule has 2 atom stereocenters. The number of halogens is 2. The van der Waals surface area contributed by atoms with Crippen LogP contribution in [0.15, 0.2) is 75.9 Å². The van der Waals surface area contributed by atoms with Gasteiger partial charge in [0, 0.05) is 46.7 Å². The predicted octanol–water partition coefficient (Wildman–Crippen LogP) is 9.20. The Morgan fingerprint density at radius 1 is 0.920 bits per heavy atom. The monoisotopic (exact) mass is 810 g/mol. The molecule has 6 rings (SSSR count). The summed E-state index contributed by atoms with van der Waals surface area (Å²) in [6.45, 7) is 4.72.